The standard InChI is InChI=1S/C20H10Cl3N3O7/c21-10-3-6-18(33-20(28)14-5-2-12(23)9-17(14)26(31)32)15(7-10)24-19(27)13-4-1-11(22)8-16(13)25(29)30/h1-9H,(H,24,27). The Bertz CT molecular complexity index is 1310. The largest absolute Gasteiger partial charge is 0.421 e. The van der Waals surface area contributed by atoms with Gasteiger partial charge in [0.05, 0.1) is 15.5 Å². The van der Waals surface area contributed by atoms with Crippen molar-refractivity contribution in [2.75, 3.05) is 5.32 Å². The topological polar surface area (TPSA) is 142 Å². The second-order valence-corrected chi connectivity index (χ2v) is 7.63. The van der Waals surface area contributed by atoms with E-state index in [1.807, 2.05) is 0 Å². The number of anilines is 1. The first-order valence-electron chi connectivity index (χ1n) is 8.78. The van der Waals surface area contributed by atoms with E-state index < -0.39 is 33.1 Å². The Morgan fingerprint density at radius 3 is 1.82 bits per heavy atom. The number of amides is 1. The fourth-order valence-electron chi connectivity index (χ4n) is 2.71. The molecule has 0 aliphatic carbocycles. The highest BCUT2D eigenvalue weighted by molar-refractivity contribution is 6.32. The number of hydrogen-bond acceptors (Lipinski definition) is 7. The molecule has 0 spiro atoms. The average Bonchev–Trinajstić information content (AvgIpc) is 2.75. The zero-order valence-corrected chi connectivity index (χ0v) is 18.3. The number of hydrogen-bond donors (Lipinski definition) is 1. The molecule has 3 rings (SSSR count). The highest BCUT2D eigenvalue weighted by atomic mass is 35.5. The third kappa shape index (κ3) is 5.55. The van der Waals surface area contributed by atoms with Crippen LogP contribution in [0.4, 0.5) is 17.1 Å². The summed E-state index contributed by atoms with van der Waals surface area (Å²) in [4.78, 5) is 46.3. The summed E-state index contributed by atoms with van der Waals surface area (Å²) in [6.45, 7) is 0. The monoisotopic (exact) mass is 509 g/mol. The summed E-state index contributed by atoms with van der Waals surface area (Å²) in [5.41, 5.74) is -1.93. The molecule has 10 nitrogen and oxygen atoms in total. The highest BCUT2D eigenvalue weighted by Crippen LogP contribution is 2.32. The predicted octanol–water partition coefficient (Wildman–Crippen LogP) is 5.93. The van der Waals surface area contributed by atoms with E-state index in [0.717, 1.165) is 24.3 Å². The second-order valence-electron chi connectivity index (χ2n) is 6.32. The molecule has 3 aromatic rings. The molecule has 0 unspecified atom stereocenters. The first-order valence-corrected chi connectivity index (χ1v) is 9.91. The number of halogens is 3. The smallest absolute Gasteiger partial charge is 0.350 e. The lowest BCUT2D eigenvalue weighted by molar-refractivity contribution is -0.385. The van der Waals surface area contributed by atoms with E-state index in [2.05, 4.69) is 5.32 Å². The van der Waals surface area contributed by atoms with E-state index in [1.165, 1.54) is 30.3 Å². The molecule has 0 aliphatic rings. The molecule has 1 N–H and O–H groups in total. The summed E-state index contributed by atoms with van der Waals surface area (Å²) in [5.74, 6) is -2.22. The van der Waals surface area contributed by atoms with Gasteiger partial charge in [0.15, 0.2) is 5.75 Å². The van der Waals surface area contributed by atoms with Crippen LogP contribution in [0.15, 0.2) is 54.6 Å². The Morgan fingerprint density at radius 2 is 1.24 bits per heavy atom. The molecule has 0 saturated carbocycles. The normalized spacial score (nSPS) is 10.4. The number of carbonyl (C=O) groups is 2. The van der Waals surface area contributed by atoms with E-state index >= 15 is 0 Å². The number of ether oxygens (including phenoxy) is 1. The fraction of sp³-hybridized carbons (Fsp3) is 0. The van der Waals surface area contributed by atoms with Crippen molar-refractivity contribution in [1.82, 2.24) is 0 Å². The van der Waals surface area contributed by atoms with Gasteiger partial charge in [-0.15, -0.1) is 0 Å². The summed E-state index contributed by atoms with van der Waals surface area (Å²) in [5, 5.41) is 25.2. The van der Waals surface area contributed by atoms with Crippen LogP contribution >= 0.6 is 34.8 Å². The lowest BCUT2D eigenvalue weighted by Gasteiger charge is -2.12. The Kier molecular flexibility index (Phi) is 7.12. The number of benzene rings is 3. The highest BCUT2D eigenvalue weighted by Gasteiger charge is 2.25. The third-order valence-corrected chi connectivity index (χ3v) is 4.88. The molecule has 0 heterocycles. The maximum Gasteiger partial charge on any atom is 0.350 e. The van der Waals surface area contributed by atoms with Crippen molar-refractivity contribution in [3.05, 3.63) is 101 Å². The minimum atomic E-state index is -1.10. The van der Waals surface area contributed by atoms with E-state index in [0.29, 0.717) is 0 Å². The molecule has 3 aromatic carbocycles. The van der Waals surface area contributed by atoms with E-state index in [9.17, 15) is 29.8 Å². The molecule has 0 atom stereocenters. The summed E-state index contributed by atoms with van der Waals surface area (Å²) < 4.78 is 5.24. The van der Waals surface area contributed by atoms with Crippen molar-refractivity contribution in [3.63, 3.8) is 0 Å². The molecule has 0 aliphatic heterocycles. The summed E-state index contributed by atoms with van der Waals surface area (Å²) in [6.07, 6.45) is 0. The molecular formula is C20H10Cl3N3O7. The predicted molar refractivity (Wildman–Crippen MR) is 121 cm³/mol. The Labute approximate surface area is 199 Å². The molecular weight excluding hydrogens is 501 g/mol. The Balaban J connectivity index is 1.94. The van der Waals surface area contributed by atoms with Gasteiger partial charge >= 0.3 is 5.97 Å². The van der Waals surface area contributed by atoms with Crippen LogP contribution < -0.4 is 10.1 Å². The summed E-state index contributed by atoms with van der Waals surface area (Å²) in [7, 11) is 0. The van der Waals surface area contributed by atoms with Crippen molar-refractivity contribution in [1.29, 1.82) is 0 Å². The molecule has 0 radical (unpaired) electrons. The molecule has 1 amide bonds. The van der Waals surface area contributed by atoms with E-state index in [-0.39, 0.29) is 37.6 Å². The molecule has 33 heavy (non-hydrogen) atoms. The number of rotatable bonds is 6. The number of nitro groups is 2. The van der Waals surface area contributed by atoms with Gasteiger partial charge in [-0.05, 0) is 42.5 Å². The maximum atomic E-state index is 12.7. The summed E-state index contributed by atoms with van der Waals surface area (Å²) in [6, 6.07) is 10.7. The van der Waals surface area contributed by atoms with Gasteiger partial charge in [0.1, 0.15) is 11.1 Å². The van der Waals surface area contributed by atoms with Gasteiger partial charge in [0.25, 0.3) is 17.3 Å². The molecule has 0 bridgehead atoms. The van der Waals surface area contributed by atoms with Crippen molar-refractivity contribution in [3.8, 4) is 5.75 Å². The van der Waals surface area contributed by atoms with Crippen LogP contribution in [0, 0.1) is 20.2 Å². The third-order valence-electron chi connectivity index (χ3n) is 4.17. The van der Waals surface area contributed by atoms with Crippen LogP contribution in [0.1, 0.15) is 20.7 Å². The van der Waals surface area contributed by atoms with Crippen molar-refractivity contribution >= 4 is 63.7 Å². The van der Waals surface area contributed by atoms with Crippen LogP contribution in [0.3, 0.4) is 0 Å². The maximum absolute atomic E-state index is 12.7. The Morgan fingerprint density at radius 1 is 0.758 bits per heavy atom. The van der Waals surface area contributed by atoms with Crippen molar-refractivity contribution in [2.45, 2.75) is 0 Å². The van der Waals surface area contributed by atoms with E-state index in [1.54, 1.807) is 0 Å². The average molecular weight is 511 g/mol. The summed E-state index contributed by atoms with van der Waals surface area (Å²) >= 11 is 17.5. The minimum absolute atomic E-state index is 0.0438. The molecule has 13 heteroatoms. The fourth-order valence-corrected chi connectivity index (χ4v) is 3.21. The van der Waals surface area contributed by atoms with Gasteiger partial charge in [0, 0.05) is 27.2 Å². The first kappa shape index (κ1) is 23.9. The number of nitrogens with zero attached hydrogens (tertiary/aromatic N) is 2. The van der Waals surface area contributed by atoms with Crippen LogP contribution in [0.25, 0.3) is 0 Å². The number of esters is 1. The van der Waals surface area contributed by atoms with Crippen LogP contribution in [-0.4, -0.2) is 21.7 Å². The van der Waals surface area contributed by atoms with Crippen molar-refractivity contribution < 1.29 is 24.2 Å². The first-order chi connectivity index (χ1) is 15.6. The van der Waals surface area contributed by atoms with Crippen LogP contribution in [-0.2, 0) is 0 Å². The zero-order valence-electron chi connectivity index (χ0n) is 16.1. The quantitative estimate of drug-likeness (QED) is 0.187. The van der Waals surface area contributed by atoms with E-state index in [4.69, 9.17) is 39.5 Å². The zero-order chi connectivity index (χ0) is 24.3. The van der Waals surface area contributed by atoms with Crippen LogP contribution in [0.5, 0.6) is 5.75 Å². The lowest BCUT2D eigenvalue weighted by atomic mass is 10.1. The number of nitrogens with one attached hydrogen (secondary N) is 1. The van der Waals surface area contributed by atoms with Gasteiger partial charge in [-0.1, -0.05) is 34.8 Å². The minimum Gasteiger partial charge on any atom is -0.421 e. The van der Waals surface area contributed by atoms with Gasteiger partial charge in [-0.2, -0.15) is 0 Å². The number of nitro benzene ring substituents is 2. The molecule has 0 fully saturated rings. The molecule has 0 saturated heterocycles. The molecule has 168 valence electrons. The SMILES string of the molecule is O=C(Nc1cc(Cl)ccc1OC(=O)c1ccc(Cl)cc1[N+](=O)[O-])c1ccc(Cl)cc1[N+](=O)[O-]. The number of carbonyl (C=O) groups excluding carboxylic acids is 2. The lowest BCUT2D eigenvalue weighted by Crippen LogP contribution is -2.16. The Hall–Kier alpha value is -3.73. The van der Waals surface area contributed by atoms with Gasteiger partial charge < -0.3 is 10.1 Å². The van der Waals surface area contributed by atoms with Gasteiger partial charge in [0.2, 0.25) is 0 Å². The van der Waals surface area contributed by atoms with Crippen molar-refractivity contribution in [2.24, 2.45) is 0 Å². The van der Waals surface area contributed by atoms with Gasteiger partial charge in [-0.25, -0.2) is 4.79 Å². The van der Waals surface area contributed by atoms with Gasteiger partial charge in [-0.3, -0.25) is 25.0 Å². The molecule has 0 aromatic heterocycles. The second kappa shape index (κ2) is 9.82. The van der Waals surface area contributed by atoms with Crippen LogP contribution in [0.2, 0.25) is 15.1 Å².